The minimum absolute atomic E-state index is 0.0598. The van der Waals surface area contributed by atoms with Crippen LogP contribution < -0.4 is 16.3 Å². The van der Waals surface area contributed by atoms with E-state index in [-0.39, 0.29) is 25.7 Å². The Balaban J connectivity index is 1.89. The Morgan fingerprint density at radius 3 is 2.92 bits per heavy atom. The maximum absolute atomic E-state index is 12.1. The lowest BCUT2D eigenvalue weighted by atomic mass is 9.89. The van der Waals surface area contributed by atoms with Gasteiger partial charge in [0.1, 0.15) is 11.7 Å². The van der Waals surface area contributed by atoms with E-state index >= 15 is 0 Å². The molecule has 2 aliphatic heterocycles. The van der Waals surface area contributed by atoms with E-state index in [0.29, 0.717) is 0 Å². The van der Waals surface area contributed by atoms with E-state index in [2.05, 4.69) is 14.6 Å². The third-order valence-corrected chi connectivity index (χ3v) is 5.58. The van der Waals surface area contributed by atoms with Crippen molar-refractivity contribution in [1.29, 1.82) is 0 Å². The van der Waals surface area contributed by atoms with Gasteiger partial charge >= 0.3 is 13.4 Å². The van der Waals surface area contributed by atoms with Crippen LogP contribution in [0.4, 0.5) is 0 Å². The molecule has 0 amide bonds. The smallest absolute Gasteiger partial charge is 0.382 e. The molecule has 3 heterocycles. The lowest BCUT2D eigenvalue weighted by molar-refractivity contribution is -0.189. The van der Waals surface area contributed by atoms with E-state index in [9.17, 15) is 19.0 Å². The standard InChI is InChI=1S/C13H20N3O8P/c1-21-6-13-7-23-10(8(13)5-14-25(19,20)22-2)11(24-13)16-4-3-9(17)15-12(16)18/h3-4,8,10-11H,5-7H2,1-2H3,(H2,14,19,20)(H,15,17,18)/t8?,10?,11?,13-/m0/s1. The highest BCUT2D eigenvalue weighted by Crippen LogP contribution is 2.49. The Labute approximate surface area is 142 Å². The van der Waals surface area contributed by atoms with Crippen molar-refractivity contribution in [1.82, 2.24) is 14.6 Å². The van der Waals surface area contributed by atoms with E-state index in [1.807, 2.05) is 0 Å². The zero-order valence-corrected chi connectivity index (χ0v) is 14.6. The highest BCUT2D eigenvalue weighted by Gasteiger charge is 2.62. The van der Waals surface area contributed by atoms with Gasteiger partial charge in [-0.2, -0.15) is 0 Å². The molecule has 0 saturated carbocycles. The molecule has 0 radical (unpaired) electrons. The fourth-order valence-corrected chi connectivity index (χ4v) is 3.88. The summed E-state index contributed by atoms with van der Waals surface area (Å²) < 4.78 is 34.5. The van der Waals surface area contributed by atoms with Crippen molar-refractivity contribution in [2.45, 2.75) is 17.9 Å². The van der Waals surface area contributed by atoms with E-state index in [1.165, 1.54) is 23.9 Å². The summed E-state index contributed by atoms with van der Waals surface area (Å²) in [5.41, 5.74) is -2.03. The van der Waals surface area contributed by atoms with Crippen molar-refractivity contribution < 1.29 is 28.2 Å². The van der Waals surface area contributed by atoms with Gasteiger partial charge < -0.3 is 23.6 Å². The predicted octanol–water partition coefficient (Wildman–Crippen LogP) is -1.20. The molecule has 12 heteroatoms. The van der Waals surface area contributed by atoms with Gasteiger partial charge in [0.05, 0.1) is 13.2 Å². The molecular weight excluding hydrogens is 357 g/mol. The first-order chi connectivity index (χ1) is 11.8. The maximum Gasteiger partial charge on any atom is 0.402 e. The van der Waals surface area contributed by atoms with Crippen LogP contribution >= 0.6 is 7.75 Å². The summed E-state index contributed by atoms with van der Waals surface area (Å²) in [7, 11) is -1.30. The third-order valence-electron chi connectivity index (χ3n) is 4.50. The Morgan fingerprint density at radius 1 is 1.52 bits per heavy atom. The topological polar surface area (TPSA) is 141 Å². The van der Waals surface area contributed by atoms with E-state index in [1.54, 1.807) is 0 Å². The minimum atomic E-state index is -3.93. The van der Waals surface area contributed by atoms with Crippen LogP contribution in [0.25, 0.3) is 0 Å². The summed E-state index contributed by atoms with van der Waals surface area (Å²) in [5, 5.41) is 2.46. The second-order valence-electron chi connectivity index (χ2n) is 5.97. The molecule has 4 unspecified atom stereocenters. The van der Waals surface area contributed by atoms with Crippen molar-refractivity contribution in [3.8, 4) is 0 Å². The van der Waals surface area contributed by atoms with Gasteiger partial charge in [0.2, 0.25) is 0 Å². The van der Waals surface area contributed by atoms with Crippen molar-refractivity contribution in [3.05, 3.63) is 33.1 Å². The van der Waals surface area contributed by atoms with Crippen LogP contribution in [0.3, 0.4) is 0 Å². The number of fused-ring (bicyclic) bond motifs is 2. The summed E-state index contributed by atoms with van der Waals surface area (Å²) in [6, 6.07) is 1.21. The lowest BCUT2D eigenvalue weighted by Gasteiger charge is -2.31. The lowest BCUT2D eigenvalue weighted by Crippen LogP contribution is -2.45. The first-order valence-corrected chi connectivity index (χ1v) is 9.13. The molecular formula is C13H20N3O8P. The average molecular weight is 377 g/mol. The van der Waals surface area contributed by atoms with Gasteiger partial charge in [0.25, 0.3) is 5.56 Å². The molecule has 3 N–H and O–H groups in total. The average Bonchev–Trinajstić information content (AvgIpc) is 3.05. The van der Waals surface area contributed by atoms with Crippen molar-refractivity contribution >= 4 is 7.75 Å². The molecule has 1 aromatic heterocycles. The Kier molecular flexibility index (Phi) is 5.00. The highest BCUT2D eigenvalue weighted by atomic mass is 31.2. The zero-order valence-electron chi connectivity index (χ0n) is 13.7. The maximum atomic E-state index is 12.1. The van der Waals surface area contributed by atoms with Crippen LogP contribution in [0.1, 0.15) is 6.23 Å². The number of nitrogens with one attached hydrogen (secondary N) is 2. The number of rotatable bonds is 7. The molecule has 2 saturated heterocycles. The second-order valence-corrected chi connectivity index (χ2v) is 7.69. The second kappa shape index (κ2) is 6.76. The summed E-state index contributed by atoms with van der Waals surface area (Å²) in [6.45, 7) is 0.451. The molecule has 0 aromatic carbocycles. The summed E-state index contributed by atoms with van der Waals surface area (Å²) in [5.74, 6) is -0.369. The quantitative estimate of drug-likeness (QED) is 0.500. The van der Waals surface area contributed by atoms with Gasteiger partial charge in [-0.05, 0) is 0 Å². The summed E-state index contributed by atoms with van der Waals surface area (Å²) in [4.78, 5) is 35.0. The molecule has 0 aliphatic carbocycles. The monoisotopic (exact) mass is 377 g/mol. The van der Waals surface area contributed by atoms with Gasteiger partial charge in [-0.25, -0.2) is 14.4 Å². The van der Waals surface area contributed by atoms with Crippen LogP contribution in [0.15, 0.2) is 21.9 Å². The Bertz CT molecular complexity index is 794. The largest absolute Gasteiger partial charge is 0.402 e. The first kappa shape index (κ1) is 18.5. The van der Waals surface area contributed by atoms with Crippen molar-refractivity contribution in [2.24, 2.45) is 5.92 Å². The van der Waals surface area contributed by atoms with Crippen LogP contribution in [0.2, 0.25) is 0 Å². The van der Waals surface area contributed by atoms with Gasteiger partial charge in [-0.1, -0.05) is 0 Å². The number of hydrogen-bond acceptors (Lipinski definition) is 7. The fourth-order valence-electron chi connectivity index (χ4n) is 3.32. The molecule has 1 aromatic rings. The zero-order chi connectivity index (χ0) is 18.2. The molecule has 5 atom stereocenters. The van der Waals surface area contributed by atoms with E-state index in [4.69, 9.17) is 14.2 Å². The number of aromatic nitrogens is 2. The number of aromatic amines is 1. The van der Waals surface area contributed by atoms with Crippen LogP contribution in [-0.4, -0.2) is 60.1 Å². The number of ether oxygens (including phenoxy) is 3. The number of hydrogen-bond donors (Lipinski definition) is 3. The fraction of sp³-hybridized carbons (Fsp3) is 0.692. The predicted molar refractivity (Wildman–Crippen MR) is 84.1 cm³/mol. The van der Waals surface area contributed by atoms with Gasteiger partial charge in [0, 0.05) is 38.9 Å². The van der Waals surface area contributed by atoms with Gasteiger partial charge in [-0.3, -0.25) is 14.3 Å². The number of H-pyrrole nitrogens is 1. The van der Waals surface area contributed by atoms with E-state index in [0.717, 1.165) is 7.11 Å². The van der Waals surface area contributed by atoms with Crippen molar-refractivity contribution in [2.75, 3.05) is 34.0 Å². The molecule has 25 heavy (non-hydrogen) atoms. The molecule has 11 nitrogen and oxygen atoms in total. The molecule has 2 fully saturated rings. The third kappa shape index (κ3) is 3.36. The first-order valence-electron chi connectivity index (χ1n) is 7.55. The van der Waals surface area contributed by atoms with Gasteiger partial charge in [-0.15, -0.1) is 0 Å². The van der Waals surface area contributed by atoms with Crippen LogP contribution in [-0.2, 0) is 23.3 Å². The molecule has 2 aliphatic rings. The Hall–Kier alpha value is -1.33. The van der Waals surface area contributed by atoms with Gasteiger partial charge in [0.15, 0.2) is 6.23 Å². The molecule has 3 rings (SSSR count). The summed E-state index contributed by atoms with van der Waals surface area (Å²) >= 11 is 0. The van der Waals surface area contributed by atoms with Crippen LogP contribution in [0.5, 0.6) is 0 Å². The van der Waals surface area contributed by atoms with Crippen molar-refractivity contribution in [3.63, 3.8) is 0 Å². The number of methoxy groups -OCH3 is 1. The summed E-state index contributed by atoms with van der Waals surface area (Å²) in [6.07, 6.45) is -0.0312. The molecule has 2 bridgehead atoms. The SMILES string of the molecule is COC[C@@]12COC(C(n3ccc(=O)[nH]c3=O)O1)C2CNP(=O)(O)OC. The van der Waals surface area contributed by atoms with E-state index < -0.39 is 36.9 Å². The highest BCUT2D eigenvalue weighted by molar-refractivity contribution is 7.50. The normalized spacial score (nSPS) is 33.5. The minimum Gasteiger partial charge on any atom is -0.382 e. The molecule has 0 spiro atoms. The number of nitrogens with zero attached hydrogens (tertiary/aromatic N) is 1. The Morgan fingerprint density at radius 2 is 2.28 bits per heavy atom. The van der Waals surface area contributed by atoms with Crippen LogP contribution in [0, 0.1) is 5.92 Å². The molecule has 140 valence electrons.